The maximum absolute atomic E-state index is 10.6. The van der Waals surface area contributed by atoms with Gasteiger partial charge in [-0.15, -0.1) is 6.42 Å². The highest BCUT2D eigenvalue weighted by Crippen LogP contribution is 2.19. The summed E-state index contributed by atoms with van der Waals surface area (Å²) in [6.07, 6.45) is 5.30. The molecule has 1 atom stereocenters. The Morgan fingerprint density at radius 2 is 2.33 bits per heavy atom. The van der Waals surface area contributed by atoms with Crippen molar-refractivity contribution in [3.05, 3.63) is 35.4 Å². The van der Waals surface area contributed by atoms with Gasteiger partial charge in [-0.05, 0) is 24.2 Å². The molecule has 0 saturated carbocycles. The smallest absolute Gasteiger partial charge is 0.304 e. The topological polar surface area (TPSA) is 63.3 Å². The van der Waals surface area contributed by atoms with Crippen LogP contribution >= 0.6 is 0 Å². The van der Waals surface area contributed by atoms with Crippen LogP contribution in [-0.4, -0.2) is 17.6 Å². The van der Waals surface area contributed by atoms with Crippen LogP contribution in [0.25, 0.3) is 0 Å². The number of carboxylic acid groups (broad SMARTS) is 1. The zero-order chi connectivity index (χ0) is 11.3. The van der Waals surface area contributed by atoms with Crippen molar-refractivity contribution >= 4 is 5.97 Å². The van der Waals surface area contributed by atoms with E-state index in [1.54, 1.807) is 12.1 Å². The van der Waals surface area contributed by atoms with Gasteiger partial charge in [-0.3, -0.25) is 4.79 Å². The van der Waals surface area contributed by atoms with E-state index in [-0.39, 0.29) is 12.3 Å². The first-order valence-electron chi connectivity index (χ1n) is 4.65. The fraction of sp³-hybridized carbons (Fsp3) is 0.250. The van der Waals surface area contributed by atoms with Crippen LogP contribution in [0.5, 0.6) is 0 Å². The Hall–Kier alpha value is -1.79. The number of aliphatic carboxylic acids is 1. The van der Waals surface area contributed by atoms with Crippen LogP contribution in [0, 0.1) is 12.3 Å². The van der Waals surface area contributed by atoms with Crippen LogP contribution in [0.1, 0.15) is 23.5 Å². The SMILES string of the molecule is C#Cc1cccc(C(CN)CC(=O)O)c1. The van der Waals surface area contributed by atoms with Crippen molar-refractivity contribution < 1.29 is 9.90 Å². The van der Waals surface area contributed by atoms with Gasteiger partial charge in [0.1, 0.15) is 0 Å². The molecule has 3 N–H and O–H groups in total. The largest absolute Gasteiger partial charge is 0.481 e. The van der Waals surface area contributed by atoms with Crippen molar-refractivity contribution in [1.82, 2.24) is 0 Å². The number of terminal acetylenes is 1. The van der Waals surface area contributed by atoms with Gasteiger partial charge >= 0.3 is 5.97 Å². The van der Waals surface area contributed by atoms with Crippen LogP contribution < -0.4 is 5.73 Å². The monoisotopic (exact) mass is 203 g/mol. The molecule has 1 unspecified atom stereocenters. The van der Waals surface area contributed by atoms with Crippen LogP contribution in [0.3, 0.4) is 0 Å². The zero-order valence-electron chi connectivity index (χ0n) is 8.31. The molecule has 1 aromatic rings. The molecule has 3 heteroatoms. The number of carboxylic acids is 1. The molecule has 15 heavy (non-hydrogen) atoms. The first-order chi connectivity index (χ1) is 7.17. The van der Waals surface area contributed by atoms with Gasteiger partial charge in [0.2, 0.25) is 0 Å². The van der Waals surface area contributed by atoms with Gasteiger partial charge in [-0.2, -0.15) is 0 Å². The van der Waals surface area contributed by atoms with Crippen molar-refractivity contribution in [3.8, 4) is 12.3 Å². The fourth-order valence-electron chi connectivity index (χ4n) is 1.43. The maximum Gasteiger partial charge on any atom is 0.304 e. The summed E-state index contributed by atoms with van der Waals surface area (Å²) >= 11 is 0. The van der Waals surface area contributed by atoms with Crippen molar-refractivity contribution in [2.24, 2.45) is 5.73 Å². The Morgan fingerprint density at radius 3 is 2.87 bits per heavy atom. The van der Waals surface area contributed by atoms with E-state index >= 15 is 0 Å². The van der Waals surface area contributed by atoms with E-state index < -0.39 is 5.97 Å². The van der Waals surface area contributed by atoms with E-state index in [9.17, 15) is 4.79 Å². The molecule has 0 aliphatic heterocycles. The molecule has 78 valence electrons. The van der Waals surface area contributed by atoms with E-state index in [4.69, 9.17) is 17.3 Å². The Labute approximate surface area is 88.9 Å². The molecule has 0 bridgehead atoms. The van der Waals surface area contributed by atoms with E-state index in [0.29, 0.717) is 6.54 Å². The number of rotatable bonds is 4. The minimum atomic E-state index is -0.850. The summed E-state index contributed by atoms with van der Waals surface area (Å²) < 4.78 is 0. The van der Waals surface area contributed by atoms with Crippen LogP contribution in [-0.2, 0) is 4.79 Å². The van der Waals surface area contributed by atoms with Crippen molar-refractivity contribution in [3.63, 3.8) is 0 Å². The lowest BCUT2D eigenvalue weighted by Gasteiger charge is -2.12. The summed E-state index contributed by atoms with van der Waals surface area (Å²) in [4.78, 5) is 10.6. The number of nitrogens with two attached hydrogens (primary N) is 1. The lowest BCUT2D eigenvalue weighted by atomic mass is 9.94. The predicted octanol–water partition coefficient (Wildman–Crippen LogP) is 1.18. The van der Waals surface area contributed by atoms with Gasteiger partial charge in [-0.1, -0.05) is 18.1 Å². The Kier molecular flexibility index (Phi) is 3.90. The third-order valence-electron chi connectivity index (χ3n) is 2.23. The summed E-state index contributed by atoms with van der Waals surface area (Å²) in [6, 6.07) is 7.27. The Balaban J connectivity index is 2.92. The van der Waals surface area contributed by atoms with E-state index in [2.05, 4.69) is 5.92 Å². The Bertz CT molecular complexity index is 393. The molecule has 0 radical (unpaired) electrons. The van der Waals surface area contributed by atoms with E-state index in [0.717, 1.165) is 11.1 Å². The molecule has 3 nitrogen and oxygen atoms in total. The molecule has 0 heterocycles. The second-order valence-corrected chi connectivity index (χ2v) is 3.30. The van der Waals surface area contributed by atoms with Gasteiger partial charge in [0, 0.05) is 11.5 Å². The number of carbonyl (C=O) groups is 1. The van der Waals surface area contributed by atoms with Gasteiger partial charge in [-0.25, -0.2) is 0 Å². The van der Waals surface area contributed by atoms with Crippen LogP contribution in [0.15, 0.2) is 24.3 Å². The van der Waals surface area contributed by atoms with Crippen molar-refractivity contribution in [2.45, 2.75) is 12.3 Å². The quantitative estimate of drug-likeness (QED) is 0.722. The molecular weight excluding hydrogens is 190 g/mol. The van der Waals surface area contributed by atoms with Gasteiger partial charge in [0.15, 0.2) is 0 Å². The lowest BCUT2D eigenvalue weighted by molar-refractivity contribution is -0.137. The molecule has 0 fully saturated rings. The maximum atomic E-state index is 10.6. The highest BCUT2D eigenvalue weighted by Gasteiger charge is 2.13. The number of hydrogen-bond acceptors (Lipinski definition) is 2. The highest BCUT2D eigenvalue weighted by molar-refractivity contribution is 5.68. The molecule has 0 saturated heterocycles. The Morgan fingerprint density at radius 1 is 1.60 bits per heavy atom. The summed E-state index contributed by atoms with van der Waals surface area (Å²) in [6.45, 7) is 0.306. The first-order valence-corrected chi connectivity index (χ1v) is 4.65. The zero-order valence-corrected chi connectivity index (χ0v) is 8.31. The average molecular weight is 203 g/mol. The van der Waals surface area contributed by atoms with Crippen LogP contribution in [0.2, 0.25) is 0 Å². The summed E-state index contributed by atoms with van der Waals surface area (Å²) in [5, 5.41) is 8.71. The van der Waals surface area contributed by atoms with E-state index in [1.807, 2.05) is 12.1 Å². The number of hydrogen-bond donors (Lipinski definition) is 2. The highest BCUT2D eigenvalue weighted by atomic mass is 16.4. The molecule has 0 aliphatic rings. The van der Waals surface area contributed by atoms with Crippen LogP contribution in [0.4, 0.5) is 0 Å². The van der Waals surface area contributed by atoms with Gasteiger partial charge < -0.3 is 10.8 Å². The summed E-state index contributed by atoms with van der Waals surface area (Å²) in [5.41, 5.74) is 7.16. The number of benzene rings is 1. The molecule has 1 aromatic carbocycles. The predicted molar refractivity (Wildman–Crippen MR) is 58.4 cm³/mol. The minimum absolute atomic E-state index is 0.0323. The van der Waals surface area contributed by atoms with E-state index in [1.165, 1.54) is 0 Å². The lowest BCUT2D eigenvalue weighted by Crippen LogP contribution is -2.16. The van der Waals surface area contributed by atoms with Crippen molar-refractivity contribution in [1.29, 1.82) is 0 Å². The third-order valence-corrected chi connectivity index (χ3v) is 2.23. The third kappa shape index (κ3) is 3.12. The molecule has 0 amide bonds. The second kappa shape index (κ2) is 5.18. The fourth-order valence-corrected chi connectivity index (χ4v) is 1.43. The normalized spacial score (nSPS) is 11.7. The summed E-state index contributed by atoms with van der Waals surface area (Å²) in [5.74, 6) is 1.49. The molecule has 0 aromatic heterocycles. The molecule has 0 aliphatic carbocycles. The standard InChI is InChI=1S/C12H13NO2/c1-2-9-4-3-5-10(6-9)11(8-13)7-12(14)15/h1,3-6,11H,7-8,13H2,(H,14,15). The van der Waals surface area contributed by atoms with Gasteiger partial charge in [0.25, 0.3) is 0 Å². The average Bonchev–Trinajstić information content (AvgIpc) is 2.25. The minimum Gasteiger partial charge on any atom is -0.481 e. The molecular formula is C12H13NO2. The summed E-state index contributed by atoms with van der Waals surface area (Å²) in [7, 11) is 0. The second-order valence-electron chi connectivity index (χ2n) is 3.30. The van der Waals surface area contributed by atoms with Crippen molar-refractivity contribution in [2.75, 3.05) is 6.54 Å². The first kappa shape index (κ1) is 11.3. The molecule has 1 rings (SSSR count). The van der Waals surface area contributed by atoms with Gasteiger partial charge in [0.05, 0.1) is 6.42 Å². The molecule has 0 spiro atoms.